The number of rotatable bonds is 3. The maximum absolute atomic E-state index is 12.6. The Morgan fingerprint density at radius 3 is 2.29 bits per heavy atom. The Hall–Kier alpha value is -1.91. The monoisotopic (exact) mass is 364 g/mol. The van der Waals surface area contributed by atoms with Crippen molar-refractivity contribution in [1.82, 2.24) is 4.90 Å². The van der Waals surface area contributed by atoms with Gasteiger partial charge >= 0.3 is 0 Å². The van der Waals surface area contributed by atoms with Crippen molar-refractivity contribution < 1.29 is 9.53 Å². The van der Waals surface area contributed by atoms with Crippen LogP contribution in [-0.2, 0) is 0 Å². The van der Waals surface area contributed by atoms with Crippen LogP contribution in [0.4, 0.5) is 5.69 Å². The Morgan fingerprint density at radius 1 is 1.00 bits per heavy atom. The molecule has 0 saturated carbocycles. The Labute approximate surface area is 151 Å². The molecule has 126 valence electrons. The van der Waals surface area contributed by atoms with E-state index >= 15 is 0 Å². The summed E-state index contributed by atoms with van der Waals surface area (Å²) in [5, 5.41) is 1.11. The molecule has 2 aromatic carbocycles. The van der Waals surface area contributed by atoms with Crippen LogP contribution in [0.25, 0.3) is 0 Å². The van der Waals surface area contributed by atoms with Gasteiger partial charge in [-0.25, -0.2) is 0 Å². The first-order chi connectivity index (χ1) is 11.6. The number of piperazine rings is 1. The number of halogens is 2. The highest BCUT2D eigenvalue weighted by Crippen LogP contribution is 2.33. The lowest BCUT2D eigenvalue weighted by Gasteiger charge is -2.36. The summed E-state index contributed by atoms with van der Waals surface area (Å²) >= 11 is 12.4. The number of anilines is 1. The van der Waals surface area contributed by atoms with Gasteiger partial charge < -0.3 is 14.5 Å². The van der Waals surface area contributed by atoms with Crippen LogP contribution in [0.5, 0.6) is 5.75 Å². The summed E-state index contributed by atoms with van der Waals surface area (Å²) in [7, 11) is 1.61. The van der Waals surface area contributed by atoms with Gasteiger partial charge in [0.2, 0.25) is 0 Å². The number of carbonyl (C=O) groups is 1. The first kappa shape index (κ1) is 16.9. The highest BCUT2D eigenvalue weighted by Gasteiger charge is 2.23. The summed E-state index contributed by atoms with van der Waals surface area (Å²) in [6, 6.07) is 12.8. The third-order valence-corrected chi connectivity index (χ3v) is 4.98. The lowest BCUT2D eigenvalue weighted by Crippen LogP contribution is -2.48. The second-order valence-corrected chi connectivity index (χ2v) is 6.37. The molecule has 1 fully saturated rings. The molecule has 0 aromatic heterocycles. The van der Waals surface area contributed by atoms with Gasteiger partial charge in [-0.1, -0.05) is 29.3 Å². The average molecular weight is 365 g/mol. The number of hydrogen-bond acceptors (Lipinski definition) is 3. The van der Waals surface area contributed by atoms with E-state index in [0.717, 1.165) is 24.5 Å². The minimum atomic E-state index is 0.0366. The van der Waals surface area contributed by atoms with Crippen LogP contribution in [0.15, 0.2) is 42.5 Å². The van der Waals surface area contributed by atoms with Gasteiger partial charge in [0.05, 0.1) is 22.8 Å². The minimum Gasteiger partial charge on any atom is -0.497 e. The van der Waals surface area contributed by atoms with Crippen molar-refractivity contribution in [3.8, 4) is 5.75 Å². The molecular formula is C18H18Cl2N2O2. The van der Waals surface area contributed by atoms with Crippen LogP contribution >= 0.6 is 23.2 Å². The Balaban J connectivity index is 1.66. The Morgan fingerprint density at radius 2 is 1.67 bits per heavy atom. The van der Waals surface area contributed by atoms with Crippen molar-refractivity contribution in [3.63, 3.8) is 0 Å². The molecule has 0 aliphatic carbocycles. The van der Waals surface area contributed by atoms with Gasteiger partial charge in [0.15, 0.2) is 0 Å². The van der Waals surface area contributed by atoms with E-state index < -0.39 is 0 Å². The topological polar surface area (TPSA) is 32.8 Å². The lowest BCUT2D eigenvalue weighted by atomic mass is 10.1. The molecule has 24 heavy (non-hydrogen) atoms. The summed E-state index contributed by atoms with van der Waals surface area (Å²) in [6.45, 7) is 2.74. The third kappa shape index (κ3) is 3.45. The van der Waals surface area contributed by atoms with E-state index in [4.69, 9.17) is 27.9 Å². The quantitative estimate of drug-likeness (QED) is 0.825. The van der Waals surface area contributed by atoms with Crippen LogP contribution in [0, 0.1) is 0 Å². The van der Waals surface area contributed by atoms with Crippen molar-refractivity contribution in [2.24, 2.45) is 0 Å². The van der Waals surface area contributed by atoms with Crippen LogP contribution < -0.4 is 9.64 Å². The summed E-state index contributed by atoms with van der Waals surface area (Å²) < 4.78 is 5.12. The SMILES string of the molecule is COc1ccc(C(=O)N2CCN(c3cccc(Cl)c3Cl)CC2)cc1. The molecule has 0 spiro atoms. The van der Waals surface area contributed by atoms with Gasteiger partial charge in [-0.15, -0.1) is 0 Å². The number of hydrogen-bond donors (Lipinski definition) is 0. The molecule has 1 heterocycles. The number of nitrogens with zero attached hydrogens (tertiary/aromatic N) is 2. The van der Waals surface area contributed by atoms with Gasteiger partial charge in [-0.05, 0) is 36.4 Å². The summed E-state index contributed by atoms with van der Waals surface area (Å²) in [6.07, 6.45) is 0. The van der Waals surface area contributed by atoms with Crippen LogP contribution in [0.2, 0.25) is 10.0 Å². The first-order valence-corrected chi connectivity index (χ1v) is 8.48. The smallest absolute Gasteiger partial charge is 0.253 e. The van der Waals surface area contributed by atoms with Crippen molar-refractivity contribution >= 4 is 34.8 Å². The number of carbonyl (C=O) groups excluding carboxylic acids is 1. The number of ether oxygens (including phenoxy) is 1. The number of amides is 1. The van der Waals surface area contributed by atoms with Gasteiger partial charge in [0.25, 0.3) is 5.91 Å². The Bertz CT molecular complexity index is 726. The van der Waals surface area contributed by atoms with E-state index in [1.165, 1.54) is 0 Å². The fourth-order valence-electron chi connectivity index (χ4n) is 2.80. The summed E-state index contributed by atoms with van der Waals surface area (Å²) in [4.78, 5) is 16.6. The van der Waals surface area contributed by atoms with E-state index in [1.807, 2.05) is 17.0 Å². The highest BCUT2D eigenvalue weighted by molar-refractivity contribution is 6.43. The highest BCUT2D eigenvalue weighted by atomic mass is 35.5. The van der Waals surface area contributed by atoms with Gasteiger partial charge in [0, 0.05) is 31.7 Å². The normalized spacial score (nSPS) is 14.6. The zero-order valence-electron chi connectivity index (χ0n) is 13.3. The minimum absolute atomic E-state index is 0.0366. The third-order valence-electron chi connectivity index (χ3n) is 4.18. The van der Waals surface area contributed by atoms with Gasteiger partial charge in [-0.2, -0.15) is 0 Å². The molecule has 0 atom stereocenters. The van der Waals surface area contributed by atoms with E-state index in [1.54, 1.807) is 37.4 Å². The largest absolute Gasteiger partial charge is 0.497 e. The fourth-order valence-corrected chi connectivity index (χ4v) is 3.22. The van der Waals surface area contributed by atoms with Gasteiger partial charge in [-0.3, -0.25) is 4.79 Å². The molecule has 1 saturated heterocycles. The fraction of sp³-hybridized carbons (Fsp3) is 0.278. The molecule has 0 N–H and O–H groups in total. The van der Waals surface area contributed by atoms with Crippen LogP contribution in [0.3, 0.4) is 0 Å². The molecule has 0 unspecified atom stereocenters. The molecule has 4 nitrogen and oxygen atoms in total. The zero-order chi connectivity index (χ0) is 17.1. The average Bonchev–Trinajstić information content (AvgIpc) is 2.64. The van der Waals surface area contributed by atoms with E-state index in [2.05, 4.69) is 4.90 Å². The standard InChI is InChI=1S/C18H18Cl2N2O2/c1-24-14-7-5-13(6-8-14)18(23)22-11-9-21(10-12-22)16-4-2-3-15(19)17(16)20/h2-8H,9-12H2,1H3. The predicted octanol–water partition coefficient (Wildman–Crippen LogP) is 3.96. The number of methoxy groups -OCH3 is 1. The molecule has 0 radical (unpaired) electrons. The van der Waals surface area contributed by atoms with Crippen molar-refractivity contribution in [2.75, 3.05) is 38.2 Å². The van der Waals surface area contributed by atoms with Crippen molar-refractivity contribution in [3.05, 3.63) is 58.1 Å². The van der Waals surface area contributed by atoms with Crippen LogP contribution in [0.1, 0.15) is 10.4 Å². The maximum Gasteiger partial charge on any atom is 0.253 e. The van der Waals surface area contributed by atoms with E-state index in [9.17, 15) is 4.79 Å². The second kappa shape index (κ2) is 7.32. The maximum atomic E-state index is 12.6. The predicted molar refractivity (Wildman–Crippen MR) is 97.6 cm³/mol. The van der Waals surface area contributed by atoms with E-state index in [-0.39, 0.29) is 5.91 Å². The molecule has 1 amide bonds. The molecule has 1 aliphatic rings. The van der Waals surface area contributed by atoms with Crippen LogP contribution in [-0.4, -0.2) is 44.1 Å². The second-order valence-electron chi connectivity index (χ2n) is 5.58. The first-order valence-electron chi connectivity index (χ1n) is 7.72. The molecule has 3 rings (SSSR count). The molecule has 1 aliphatic heterocycles. The summed E-state index contributed by atoms with van der Waals surface area (Å²) in [5.74, 6) is 0.779. The Kier molecular flexibility index (Phi) is 5.17. The van der Waals surface area contributed by atoms with Gasteiger partial charge in [0.1, 0.15) is 5.75 Å². The molecule has 2 aromatic rings. The van der Waals surface area contributed by atoms with Crippen molar-refractivity contribution in [1.29, 1.82) is 0 Å². The lowest BCUT2D eigenvalue weighted by molar-refractivity contribution is 0.0747. The van der Waals surface area contributed by atoms with Crippen molar-refractivity contribution in [2.45, 2.75) is 0 Å². The zero-order valence-corrected chi connectivity index (χ0v) is 14.8. The van der Waals surface area contributed by atoms with E-state index in [0.29, 0.717) is 28.7 Å². The number of benzene rings is 2. The summed E-state index contributed by atoms with van der Waals surface area (Å²) in [5.41, 5.74) is 1.59. The molecule has 6 heteroatoms. The molecule has 0 bridgehead atoms. The molecular weight excluding hydrogens is 347 g/mol.